The summed E-state index contributed by atoms with van der Waals surface area (Å²) in [6.07, 6.45) is 6.12. The van der Waals surface area contributed by atoms with E-state index in [1.54, 1.807) is 0 Å². The molecule has 6 nitrogen and oxygen atoms in total. The molecule has 3 aromatic rings. The minimum Gasteiger partial charge on any atom is -0.378 e. The van der Waals surface area contributed by atoms with Gasteiger partial charge in [0.1, 0.15) is 0 Å². The van der Waals surface area contributed by atoms with Crippen LogP contribution in [0.1, 0.15) is 29.7 Å². The number of likely N-dealkylation sites (tertiary alicyclic amines) is 1. The number of hydrogen-bond acceptors (Lipinski definition) is 4. The number of benzene rings is 2. The monoisotopic (exact) mass is 524 g/mol. The highest BCUT2D eigenvalue weighted by Gasteiger charge is 2.38. The van der Waals surface area contributed by atoms with Crippen LogP contribution in [-0.2, 0) is 28.8 Å². The smallest absolute Gasteiger partial charge is 0.226 e. The molecule has 0 spiro atoms. The number of ether oxygens (including phenoxy) is 1. The maximum absolute atomic E-state index is 13.3. The predicted molar refractivity (Wildman–Crippen MR) is 143 cm³/mol. The first-order valence-corrected chi connectivity index (χ1v) is 13.5. The minimum absolute atomic E-state index is 0.0793. The SMILES string of the molecule is O=C1[C@H](Cc2c(Cl)cc(-c3ccc(N4CCOCC4)cc3)cc2Cl)CCN1C1CCc2[nH]ncc2C1. The highest BCUT2D eigenvalue weighted by atomic mass is 35.5. The van der Waals surface area contributed by atoms with Gasteiger partial charge in [0.05, 0.1) is 19.4 Å². The Bertz CT molecular complexity index is 1230. The van der Waals surface area contributed by atoms with Crippen molar-refractivity contribution in [3.8, 4) is 11.1 Å². The van der Waals surface area contributed by atoms with E-state index in [0.717, 1.165) is 75.2 Å². The molecule has 2 fully saturated rings. The second-order valence-electron chi connectivity index (χ2n) is 10.1. The molecule has 0 radical (unpaired) electrons. The zero-order valence-electron chi connectivity index (χ0n) is 20.2. The maximum atomic E-state index is 13.3. The van der Waals surface area contributed by atoms with Crippen LogP contribution in [0.5, 0.6) is 0 Å². The summed E-state index contributed by atoms with van der Waals surface area (Å²) in [6, 6.07) is 12.7. The fraction of sp³-hybridized carbons (Fsp3) is 0.429. The first-order chi connectivity index (χ1) is 17.6. The van der Waals surface area contributed by atoms with Crippen LogP contribution in [0.15, 0.2) is 42.6 Å². The largest absolute Gasteiger partial charge is 0.378 e. The number of carbonyl (C=O) groups is 1. The predicted octanol–water partition coefficient (Wildman–Crippen LogP) is 5.17. The van der Waals surface area contributed by atoms with Crippen molar-refractivity contribution in [1.29, 1.82) is 0 Å². The lowest BCUT2D eigenvalue weighted by Gasteiger charge is -2.31. The van der Waals surface area contributed by atoms with Gasteiger partial charge in [0, 0.05) is 53.0 Å². The first kappa shape index (κ1) is 23.8. The average Bonchev–Trinajstić information content (AvgIpc) is 3.52. The lowest BCUT2D eigenvalue weighted by molar-refractivity contribution is -0.133. The summed E-state index contributed by atoms with van der Waals surface area (Å²) in [7, 11) is 0. The van der Waals surface area contributed by atoms with Crippen molar-refractivity contribution in [2.75, 3.05) is 37.7 Å². The maximum Gasteiger partial charge on any atom is 0.226 e. The highest BCUT2D eigenvalue weighted by molar-refractivity contribution is 6.36. The van der Waals surface area contributed by atoms with E-state index >= 15 is 0 Å². The topological polar surface area (TPSA) is 61.5 Å². The molecule has 1 aliphatic carbocycles. The zero-order chi connectivity index (χ0) is 24.6. The molecule has 0 bridgehead atoms. The summed E-state index contributed by atoms with van der Waals surface area (Å²) >= 11 is 13.5. The van der Waals surface area contributed by atoms with Crippen molar-refractivity contribution in [2.24, 2.45) is 5.92 Å². The van der Waals surface area contributed by atoms with Gasteiger partial charge in [-0.2, -0.15) is 5.10 Å². The Morgan fingerprint density at radius 3 is 2.50 bits per heavy atom. The molecule has 3 heterocycles. The van der Waals surface area contributed by atoms with Gasteiger partial charge < -0.3 is 14.5 Å². The number of nitrogens with zero attached hydrogens (tertiary/aromatic N) is 3. The molecule has 2 aromatic carbocycles. The van der Waals surface area contributed by atoms with E-state index in [0.29, 0.717) is 16.5 Å². The molecule has 6 rings (SSSR count). The number of aromatic nitrogens is 2. The van der Waals surface area contributed by atoms with Gasteiger partial charge in [0.2, 0.25) is 5.91 Å². The Labute approximate surface area is 221 Å². The van der Waals surface area contributed by atoms with Crippen molar-refractivity contribution < 1.29 is 9.53 Å². The van der Waals surface area contributed by atoms with E-state index in [1.165, 1.54) is 16.9 Å². The van der Waals surface area contributed by atoms with Crippen LogP contribution in [0.2, 0.25) is 10.0 Å². The molecule has 3 aliphatic rings. The number of aromatic amines is 1. The van der Waals surface area contributed by atoms with E-state index in [1.807, 2.05) is 18.3 Å². The number of nitrogens with one attached hydrogen (secondary N) is 1. The molecule has 2 saturated heterocycles. The number of anilines is 1. The van der Waals surface area contributed by atoms with Crippen molar-refractivity contribution in [3.05, 3.63) is 69.5 Å². The van der Waals surface area contributed by atoms with Gasteiger partial charge in [0.25, 0.3) is 0 Å². The fourth-order valence-corrected chi connectivity index (χ4v) is 6.52. The Morgan fingerprint density at radius 2 is 1.75 bits per heavy atom. The number of amides is 1. The van der Waals surface area contributed by atoms with Crippen molar-refractivity contribution >= 4 is 34.8 Å². The highest BCUT2D eigenvalue weighted by Crippen LogP contribution is 2.37. The van der Waals surface area contributed by atoms with Crippen LogP contribution in [0.4, 0.5) is 5.69 Å². The number of H-pyrrole nitrogens is 1. The second kappa shape index (κ2) is 10.1. The molecule has 0 saturated carbocycles. The summed E-state index contributed by atoms with van der Waals surface area (Å²) in [5, 5.41) is 8.50. The average molecular weight is 525 g/mol. The molecular weight excluding hydrogens is 495 g/mol. The lowest BCUT2D eigenvalue weighted by Crippen LogP contribution is -2.41. The molecular formula is C28H30Cl2N4O2. The van der Waals surface area contributed by atoms with Gasteiger partial charge in [-0.1, -0.05) is 35.3 Å². The van der Waals surface area contributed by atoms with Crippen molar-refractivity contribution in [2.45, 2.75) is 38.1 Å². The van der Waals surface area contributed by atoms with Crippen LogP contribution >= 0.6 is 23.2 Å². The molecule has 8 heteroatoms. The minimum atomic E-state index is -0.0793. The van der Waals surface area contributed by atoms with Gasteiger partial charge in [-0.25, -0.2) is 0 Å². The number of carbonyl (C=O) groups excluding carboxylic acids is 1. The quantitative estimate of drug-likeness (QED) is 0.500. The van der Waals surface area contributed by atoms with Gasteiger partial charge in [-0.05, 0) is 78.6 Å². The van der Waals surface area contributed by atoms with Crippen molar-refractivity contribution in [3.63, 3.8) is 0 Å². The fourth-order valence-electron chi connectivity index (χ4n) is 5.88. The van der Waals surface area contributed by atoms with E-state index in [9.17, 15) is 4.79 Å². The van der Waals surface area contributed by atoms with Crippen molar-refractivity contribution in [1.82, 2.24) is 15.1 Å². The Hall–Kier alpha value is -2.54. The summed E-state index contributed by atoms with van der Waals surface area (Å²) in [5.41, 5.74) is 6.57. The standard InChI is InChI=1S/C28H30Cl2N4O2/c29-25-15-20(18-1-3-22(4-2-18)33-9-11-36-12-10-33)16-26(30)24(25)14-19-7-8-34(28(19)35)23-5-6-27-21(13-23)17-31-32-27/h1-4,15-17,19,23H,5-14H2,(H,31,32)/t19-,23?/m0/s1. The summed E-state index contributed by atoms with van der Waals surface area (Å²) < 4.78 is 5.45. The van der Waals surface area contributed by atoms with E-state index in [2.05, 4.69) is 44.3 Å². The van der Waals surface area contributed by atoms with Gasteiger partial charge in [0.15, 0.2) is 0 Å². The molecule has 2 atom stereocenters. The molecule has 2 aliphatic heterocycles. The lowest BCUT2D eigenvalue weighted by atomic mass is 9.92. The third kappa shape index (κ3) is 4.62. The summed E-state index contributed by atoms with van der Waals surface area (Å²) in [6.45, 7) is 4.15. The second-order valence-corrected chi connectivity index (χ2v) is 10.9. The van der Waals surface area contributed by atoms with Gasteiger partial charge in [-0.3, -0.25) is 9.89 Å². The molecule has 1 unspecified atom stereocenters. The Kier molecular flexibility index (Phi) is 6.67. The van der Waals surface area contributed by atoms with E-state index in [-0.39, 0.29) is 17.9 Å². The first-order valence-electron chi connectivity index (χ1n) is 12.8. The number of morpholine rings is 1. The number of halogens is 2. The third-order valence-electron chi connectivity index (χ3n) is 7.95. The molecule has 1 aromatic heterocycles. The molecule has 1 amide bonds. The van der Waals surface area contributed by atoms with Crippen LogP contribution in [0, 0.1) is 5.92 Å². The summed E-state index contributed by atoms with van der Waals surface area (Å²) in [5.74, 6) is 0.145. The van der Waals surface area contributed by atoms with E-state index < -0.39 is 0 Å². The number of hydrogen-bond donors (Lipinski definition) is 1. The van der Waals surface area contributed by atoms with Crippen LogP contribution in [-0.4, -0.2) is 59.9 Å². The van der Waals surface area contributed by atoms with Gasteiger partial charge in [-0.15, -0.1) is 0 Å². The Balaban J connectivity index is 1.14. The van der Waals surface area contributed by atoms with Crippen LogP contribution < -0.4 is 4.90 Å². The molecule has 188 valence electrons. The molecule has 36 heavy (non-hydrogen) atoms. The number of aryl methyl sites for hydroxylation is 1. The van der Waals surface area contributed by atoms with Crippen LogP contribution in [0.25, 0.3) is 11.1 Å². The van der Waals surface area contributed by atoms with E-state index in [4.69, 9.17) is 27.9 Å². The molecule has 1 N–H and O–H groups in total. The van der Waals surface area contributed by atoms with Crippen LogP contribution in [0.3, 0.4) is 0 Å². The zero-order valence-corrected chi connectivity index (χ0v) is 21.7. The normalized spacial score (nSPS) is 22.2. The number of fused-ring (bicyclic) bond motifs is 1. The third-order valence-corrected chi connectivity index (χ3v) is 8.63. The Morgan fingerprint density at radius 1 is 1.00 bits per heavy atom. The summed E-state index contributed by atoms with van der Waals surface area (Å²) in [4.78, 5) is 17.7. The number of rotatable bonds is 5. The van der Waals surface area contributed by atoms with Gasteiger partial charge >= 0.3 is 0 Å².